The molecule has 11 heteroatoms. The number of carbonyl (C=O) groups is 1. The molecule has 0 spiro atoms. The van der Waals surface area contributed by atoms with E-state index >= 15 is 0 Å². The van der Waals surface area contributed by atoms with E-state index in [0.717, 1.165) is 24.0 Å². The van der Waals surface area contributed by atoms with Crippen LogP contribution in [0, 0.1) is 11.8 Å². The summed E-state index contributed by atoms with van der Waals surface area (Å²) in [7, 11) is 1.55. The fourth-order valence-corrected chi connectivity index (χ4v) is 4.72. The Labute approximate surface area is 203 Å². The maximum Gasteiger partial charge on any atom is 0.336 e. The molecule has 1 aromatic carbocycles. The predicted octanol–water partition coefficient (Wildman–Crippen LogP) is 1.36. The van der Waals surface area contributed by atoms with Gasteiger partial charge in [-0.05, 0) is 43.5 Å². The van der Waals surface area contributed by atoms with Gasteiger partial charge in [0, 0.05) is 30.7 Å². The zero-order valence-corrected chi connectivity index (χ0v) is 20.5. The summed E-state index contributed by atoms with van der Waals surface area (Å²) in [6.07, 6.45) is 1.81. The van der Waals surface area contributed by atoms with Crippen molar-refractivity contribution in [3.05, 3.63) is 54.6 Å². The Morgan fingerprint density at radius 1 is 1.32 bits per heavy atom. The summed E-state index contributed by atoms with van der Waals surface area (Å²) in [6.45, 7) is 3.06. The highest BCUT2D eigenvalue weighted by atomic mass is 79.9. The van der Waals surface area contributed by atoms with Gasteiger partial charge in [0.2, 0.25) is 5.95 Å². The van der Waals surface area contributed by atoms with E-state index in [1.165, 1.54) is 10.6 Å². The van der Waals surface area contributed by atoms with Crippen molar-refractivity contribution in [1.29, 1.82) is 0 Å². The van der Waals surface area contributed by atoms with Gasteiger partial charge in [-0.1, -0.05) is 21.9 Å². The number of rotatable bonds is 5. The third-order valence-corrected chi connectivity index (χ3v) is 6.49. The van der Waals surface area contributed by atoms with Crippen molar-refractivity contribution in [2.45, 2.75) is 38.9 Å². The minimum absolute atomic E-state index is 0.00860. The molecule has 3 aromatic rings. The van der Waals surface area contributed by atoms with Crippen LogP contribution < -0.4 is 21.9 Å². The van der Waals surface area contributed by atoms with Crippen LogP contribution in [0.2, 0.25) is 0 Å². The molecule has 1 aliphatic rings. The van der Waals surface area contributed by atoms with Crippen LogP contribution in [0.15, 0.2) is 32.3 Å². The van der Waals surface area contributed by atoms with Gasteiger partial charge in [-0.3, -0.25) is 18.5 Å². The number of aromatic nitrogens is 4. The fourth-order valence-electron chi connectivity index (χ4n) is 4.31. The predicted molar refractivity (Wildman–Crippen MR) is 132 cm³/mol. The van der Waals surface area contributed by atoms with Crippen LogP contribution in [0.3, 0.4) is 0 Å². The average Bonchev–Trinajstić information content (AvgIpc) is 3.18. The molecule has 1 fully saturated rings. The lowest BCUT2D eigenvalue weighted by Crippen LogP contribution is -2.44. The van der Waals surface area contributed by atoms with Crippen LogP contribution in [-0.4, -0.2) is 48.9 Å². The number of carboxylic acids is 1. The highest BCUT2D eigenvalue weighted by Gasteiger charge is 2.26. The van der Waals surface area contributed by atoms with Crippen molar-refractivity contribution in [3.63, 3.8) is 0 Å². The molecule has 10 nitrogen and oxygen atoms in total. The summed E-state index contributed by atoms with van der Waals surface area (Å²) >= 11 is 3.33. The molecule has 0 saturated carbocycles. The molecule has 0 aliphatic carbocycles. The van der Waals surface area contributed by atoms with E-state index in [-0.39, 0.29) is 35.9 Å². The van der Waals surface area contributed by atoms with E-state index < -0.39 is 17.2 Å². The smallest absolute Gasteiger partial charge is 0.336 e. The number of aryl methyl sites for hydroxylation is 1. The average molecular weight is 529 g/mol. The second-order valence-corrected chi connectivity index (χ2v) is 9.20. The van der Waals surface area contributed by atoms with Crippen molar-refractivity contribution in [3.8, 4) is 11.8 Å². The van der Waals surface area contributed by atoms with Crippen molar-refractivity contribution in [2.24, 2.45) is 12.8 Å². The molecule has 0 bridgehead atoms. The molecule has 1 aliphatic heterocycles. The van der Waals surface area contributed by atoms with Crippen LogP contribution in [0.25, 0.3) is 11.2 Å². The minimum Gasteiger partial charge on any atom is -0.478 e. The molecule has 0 amide bonds. The lowest BCUT2D eigenvalue weighted by atomic mass is 10.1. The van der Waals surface area contributed by atoms with E-state index in [1.54, 1.807) is 30.7 Å². The highest BCUT2D eigenvalue weighted by molar-refractivity contribution is 9.10. The number of carboxylic acid groups (broad SMARTS) is 1. The lowest BCUT2D eigenvalue weighted by molar-refractivity contribution is 0.0695. The number of hydrogen-bond acceptors (Lipinski definition) is 6. The Balaban J connectivity index is 1.95. The molecule has 34 heavy (non-hydrogen) atoms. The van der Waals surface area contributed by atoms with Crippen LogP contribution in [0.4, 0.5) is 5.95 Å². The van der Waals surface area contributed by atoms with Gasteiger partial charge >= 0.3 is 11.7 Å². The topological polar surface area (TPSA) is 128 Å². The second kappa shape index (κ2) is 9.48. The van der Waals surface area contributed by atoms with Gasteiger partial charge in [-0.25, -0.2) is 9.59 Å². The number of nitrogens with zero attached hydrogens (tertiary/aromatic N) is 5. The highest BCUT2D eigenvalue weighted by Crippen LogP contribution is 2.23. The van der Waals surface area contributed by atoms with E-state index in [1.807, 2.05) is 4.90 Å². The van der Waals surface area contributed by atoms with Crippen LogP contribution in [-0.2, 0) is 20.1 Å². The first-order valence-corrected chi connectivity index (χ1v) is 11.6. The maximum absolute atomic E-state index is 13.7. The first kappa shape index (κ1) is 23.8. The summed E-state index contributed by atoms with van der Waals surface area (Å²) in [4.78, 5) is 45.3. The number of benzene rings is 1. The SMILES string of the molecule is CC#CCn1c(N2CCC[C@@H](N)C2)nc2c1c(=O)n(Cc1cc(Br)ccc1C(=O)O)c(=O)n2C. The fraction of sp³-hybridized carbons (Fsp3) is 0.391. The van der Waals surface area contributed by atoms with Crippen molar-refractivity contribution in [2.75, 3.05) is 18.0 Å². The van der Waals surface area contributed by atoms with E-state index in [0.29, 0.717) is 22.5 Å². The second-order valence-electron chi connectivity index (χ2n) is 8.28. The Hall–Kier alpha value is -3.36. The summed E-state index contributed by atoms with van der Waals surface area (Å²) in [5.41, 5.74) is 5.89. The summed E-state index contributed by atoms with van der Waals surface area (Å²) in [5, 5.41) is 9.58. The van der Waals surface area contributed by atoms with Crippen molar-refractivity contribution < 1.29 is 9.90 Å². The number of aromatic carboxylic acids is 1. The standard InChI is InChI=1S/C23H25BrN6O4/c1-3-4-10-29-18-19(26-22(29)28-9-5-6-16(25)13-28)27(2)23(34)30(20(18)31)12-14-11-15(24)7-8-17(14)21(32)33/h7-8,11,16H,5-6,9-10,12-13,25H2,1-2H3,(H,32,33)/t16-/m1/s1. The van der Waals surface area contributed by atoms with Crippen molar-refractivity contribution >= 4 is 39.0 Å². The lowest BCUT2D eigenvalue weighted by Gasteiger charge is -2.31. The van der Waals surface area contributed by atoms with E-state index in [2.05, 4.69) is 32.8 Å². The minimum atomic E-state index is -1.14. The molecule has 1 atom stereocenters. The number of imidazole rings is 1. The van der Waals surface area contributed by atoms with Gasteiger partial charge in [0.05, 0.1) is 18.7 Å². The molecule has 3 heterocycles. The van der Waals surface area contributed by atoms with Gasteiger partial charge < -0.3 is 15.7 Å². The summed E-state index contributed by atoms with van der Waals surface area (Å²) in [5.74, 6) is 5.25. The maximum atomic E-state index is 13.7. The Morgan fingerprint density at radius 2 is 2.09 bits per heavy atom. The zero-order chi connectivity index (χ0) is 24.6. The Morgan fingerprint density at radius 3 is 2.76 bits per heavy atom. The molecule has 3 N–H and O–H groups in total. The molecular formula is C23H25BrN6O4. The molecule has 178 valence electrons. The number of fused-ring (bicyclic) bond motifs is 1. The number of nitrogens with two attached hydrogens (primary N) is 1. The van der Waals surface area contributed by atoms with Gasteiger partial charge in [-0.15, -0.1) is 5.92 Å². The number of halogens is 1. The quantitative estimate of drug-likeness (QED) is 0.478. The number of hydrogen-bond donors (Lipinski definition) is 2. The third-order valence-electron chi connectivity index (χ3n) is 5.99. The Kier molecular flexibility index (Phi) is 6.63. The van der Waals surface area contributed by atoms with Gasteiger partial charge in [0.25, 0.3) is 5.56 Å². The molecule has 2 aromatic heterocycles. The molecule has 0 unspecified atom stereocenters. The van der Waals surface area contributed by atoms with Crippen molar-refractivity contribution in [1.82, 2.24) is 18.7 Å². The van der Waals surface area contributed by atoms with E-state index in [9.17, 15) is 19.5 Å². The number of anilines is 1. The van der Waals surface area contributed by atoms with Crippen LogP contribution >= 0.6 is 15.9 Å². The first-order chi connectivity index (χ1) is 16.2. The van der Waals surface area contributed by atoms with Crippen LogP contribution in [0.5, 0.6) is 0 Å². The monoisotopic (exact) mass is 528 g/mol. The zero-order valence-electron chi connectivity index (χ0n) is 18.9. The largest absolute Gasteiger partial charge is 0.478 e. The molecule has 0 radical (unpaired) electrons. The third kappa shape index (κ3) is 4.26. The Bertz CT molecular complexity index is 1460. The molecule has 4 rings (SSSR count). The molecule has 1 saturated heterocycles. The van der Waals surface area contributed by atoms with E-state index in [4.69, 9.17) is 5.73 Å². The summed E-state index contributed by atoms with van der Waals surface area (Å²) < 4.78 is 4.73. The van der Waals surface area contributed by atoms with Gasteiger partial charge in [0.1, 0.15) is 0 Å². The van der Waals surface area contributed by atoms with Gasteiger partial charge in [-0.2, -0.15) is 4.98 Å². The number of piperidine rings is 1. The normalized spacial score (nSPS) is 15.9. The van der Waals surface area contributed by atoms with Crippen LogP contribution in [0.1, 0.15) is 35.7 Å². The first-order valence-electron chi connectivity index (χ1n) is 10.8. The van der Waals surface area contributed by atoms with Gasteiger partial charge in [0.15, 0.2) is 11.2 Å². The summed E-state index contributed by atoms with van der Waals surface area (Å²) in [6, 6.07) is 4.63. The molecular weight excluding hydrogens is 504 g/mol.